The van der Waals surface area contributed by atoms with Crippen molar-refractivity contribution in [1.29, 1.82) is 0 Å². The molecule has 1 heteroatoms. The van der Waals surface area contributed by atoms with Gasteiger partial charge in [0.25, 0.3) is 0 Å². The predicted octanol–water partition coefficient (Wildman–Crippen LogP) is 2.62. The number of carbonyl (C=O) groups excluding carboxylic acids is 1. The molecule has 0 aliphatic carbocycles. The Hall–Kier alpha value is -0.590. The SMILES string of the molecule is CCC([C]=O)=C(CC)CC. The zero-order valence-electron chi connectivity index (χ0n) is 7.03. The van der Waals surface area contributed by atoms with E-state index in [2.05, 4.69) is 13.8 Å². The van der Waals surface area contributed by atoms with E-state index < -0.39 is 0 Å². The minimum atomic E-state index is 0.820. The van der Waals surface area contributed by atoms with Gasteiger partial charge < -0.3 is 0 Å². The lowest BCUT2D eigenvalue weighted by Crippen LogP contribution is -1.89. The van der Waals surface area contributed by atoms with Crippen LogP contribution in [0.3, 0.4) is 0 Å². The van der Waals surface area contributed by atoms with Crippen LogP contribution in [0.2, 0.25) is 0 Å². The van der Waals surface area contributed by atoms with E-state index in [-0.39, 0.29) is 0 Å². The quantitative estimate of drug-likeness (QED) is 0.547. The summed E-state index contributed by atoms with van der Waals surface area (Å²) >= 11 is 0. The first-order valence-electron chi connectivity index (χ1n) is 3.89. The van der Waals surface area contributed by atoms with Crippen molar-refractivity contribution in [2.75, 3.05) is 0 Å². The third-order valence-corrected chi connectivity index (χ3v) is 1.76. The molecule has 0 atom stereocenters. The molecule has 0 aromatic carbocycles. The third kappa shape index (κ3) is 2.34. The third-order valence-electron chi connectivity index (χ3n) is 1.76. The minimum absolute atomic E-state index is 0.820. The first kappa shape index (κ1) is 9.41. The maximum Gasteiger partial charge on any atom is 0.229 e. The molecule has 0 saturated heterocycles. The molecule has 0 spiro atoms. The average Bonchev–Trinajstić information content (AvgIpc) is 2.00. The van der Waals surface area contributed by atoms with Crippen LogP contribution >= 0.6 is 0 Å². The lowest BCUT2D eigenvalue weighted by molar-refractivity contribution is 0.559. The first-order chi connectivity index (χ1) is 4.79. The molecule has 10 heavy (non-hydrogen) atoms. The number of rotatable bonds is 4. The van der Waals surface area contributed by atoms with Crippen molar-refractivity contribution in [3.8, 4) is 0 Å². The maximum atomic E-state index is 10.3. The number of hydrogen-bond donors (Lipinski definition) is 0. The molecule has 1 radical (unpaired) electrons. The van der Waals surface area contributed by atoms with Gasteiger partial charge in [0.2, 0.25) is 6.29 Å². The van der Waals surface area contributed by atoms with Crippen LogP contribution in [0, 0.1) is 0 Å². The fourth-order valence-electron chi connectivity index (χ4n) is 1.07. The van der Waals surface area contributed by atoms with E-state index in [0.29, 0.717) is 0 Å². The van der Waals surface area contributed by atoms with Crippen LogP contribution in [-0.2, 0) is 4.79 Å². The molecule has 0 amide bonds. The Balaban J connectivity index is 4.35. The van der Waals surface area contributed by atoms with Gasteiger partial charge in [-0.25, -0.2) is 0 Å². The van der Waals surface area contributed by atoms with E-state index in [1.165, 1.54) is 5.57 Å². The fraction of sp³-hybridized carbons (Fsp3) is 0.667. The highest BCUT2D eigenvalue weighted by atomic mass is 16.1. The van der Waals surface area contributed by atoms with E-state index >= 15 is 0 Å². The van der Waals surface area contributed by atoms with Gasteiger partial charge in [0.05, 0.1) is 0 Å². The van der Waals surface area contributed by atoms with Gasteiger partial charge in [-0.2, -0.15) is 0 Å². The standard InChI is InChI=1S/C9H15O/c1-4-8(5-2)9(6-3)7-10/h4-6H2,1-3H3. The average molecular weight is 139 g/mol. The molecule has 0 N–H and O–H groups in total. The van der Waals surface area contributed by atoms with Gasteiger partial charge in [-0.05, 0) is 19.3 Å². The molecule has 0 aromatic rings. The molecular weight excluding hydrogens is 124 g/mol. The van der Waals surface area contributed by atoms with E-state index in [4.69, 9.17) is 0 Å². The second kappa shape index (κ2) is 5.21. The molecular formula is C9H15O. The van der Waals surface area contributed by atoms with Crippen LogP contribution in [0.1, 0.15) is 40.0 Å². The Morgan fingerprint density at radius 3 is 1.70 bits per heavy atom. The summed E-state index contributed by atoms with van der Waals surface area (Å²) in [5.41, 5.74) is 2.11. The lowest BCUT2D eigenvalue weighted by Gasteiger charge is -2.02. The van der Waals surface area contributed by atoms with Gasteiger partial charge in [-0.15, -0.1) is 0 Å². The zero-order valence-corrected chi connectivity index (χ0v) is 7.03. The van der Waals surface area contributed by atoms with Crippen LogP contribution in [0.4, 0.5) is 0 Å². The van der Waals surface area contributed by atoms with Crippen LogP contribution in [0.15, 0.2) is 11.1 Å². The van der Waals surface area contributed by atoms with E-state index in [1.54, 1.807) is 0 Å². The highest BCUT2D eigenvalue weighted by molar-refractivity contribution is 5.75. The lowest BCUT2D eigenvalue weighted by atomic mass is 10.0. The number of hydrogen-bond acceptors (Lipinski definition) is 1. The summed E-state index contributed by atoms with van der Waals surface area (Å²) < 4.78 is 0. The van der Waals surface area contributed by atoms with Gasteiger partial charge in [-0.3, -0.25) is 4.79 Å². The highest BCUT2D eigenvalue weighted by Gasteiger charge is 1.99. The normalized spacial score (nSPS) is 9.10. The second-order valence-corrected chi connectivity index (χ2v) is 2.24. The van der Waals surface area contributed by atoms with Crippen molar-refractivity contribution < 1.29 is 4.79 Å². The summed E-state index contributed by atoms with van der Waals surface area (Å²) in [6.45, 7) is 6.14. The molecule has 0 saturated carbocycles. The summed E-state index contributed by atoms with van der Waals surface area (Å²) in [6.07, 6.45) is 4.77. The van der Waals surface area contributed by atoms with Crippen molar-refractivity contribution in [2.24, 2.45) is 0 Å². The largest absolute Gasteiger partial charge is 0.285 e. The van der Waals surface area contributed by atoms with Crippen molar-refractivity contribution in [1.82, 2.24) is 0 Å². The molecule has 57 valence electrons. The van der Waals surface area contributed by atoms with Gasteiger partial charge in [-0.1, -0.05) is 26.3 Å². The van der Waals surface area contributed by atoms with Gasteiger partial charge in [0.15, 0.2) is 0 Å². The molecule has 0 bridgehead atoms. The summed E-state index contributed by atoms with van der Waals surface area (Å²) in [7, 11) is 0. The zero-order chi connectivity index (χ0) is 7.98. The highest BCUT2D eigenvalue weighted by Crippen LogP contribution is 2.13. The smallest absolute Gasteiger partial charge is 0.229 e. The van der Waals surface area contributed by atoms with Crippen LogP contribution in [-0.4, -0.2) is 6.29 Å². The topological polar surface area (TPSA) is 17.1 Å². The number of allylic oxidation sites excluding steroid dienone is 2. The molecule has 0 fully saturated rings. The summed E-state index contributed by atoms with van der Waals surface area (Å²) in [6, 6.07) is 0. The van der Waals surface area contributed by atoms with E-state index in [1.807, 2.05) is 13.2 Å². The predicted molar refractivity (Wildman–Crippen MR) is 43.6 cm³/mol. The van der Waals surface area contributed by atoms with E-state index in [0.717, 1.165) is 24.8 Å². The molecule has 0 unspecified atom stereocenters. The van der Waals surface area contributed by atoms with Crippen molar-refractivity contribution in [2.45, 2.75) is 40.0 Å². The minimum Gasteiger partial charge on any atom is -0.285 e. The Bertz CT molecular complexity index is 128. The molecule has 0 aromatic heterocycles. The summed E-state index contributed by atoms with van der Waals surface area (Å²) in [5, 5.41) is 0. The molecule has 0 aliphatic rings. The van der Waals surface area contributed by atoms with Gasteiger partial charge in [0, 0.05) is 5.57 Å². The first-order valence-corrected chi connectivity index (χ1v) is 3.89. The fourth-order valence-corrected chi connectivity index (χ4v) is 1.07. The Morgan fingerprint density at radius 2 is 1.60 bits per heavy atom. The summed E-state index contributed by atoms with van der Waals surface area (Å²) in [5.74, 6) is 0. The van der Waals surface area contributed by atoms with Crippen molar-refractivity contribution in [3.63, 3.8) is 0 Å². The molecule has 0 aliphatic heterocycles. The monoisotopic (exact) mass is 139 g/mol. The maximum absolute atomic E-state index is 10.3. The van der Waals surface area contributed by atoms with Crippen molar-refractivity contribution in [3.05, 3.63) is 11.1 Å². The second-order valence-electron chi connectivity index (χ2n) is 2.24. The Kier molecular flexibility index (Phi) is 4.91. The molecule has 0 rings (SSSR count). The Labute approximate surface area is 63.1 Å². The van der Waals surface area contributed by atoms with Crippen LogP contribution in [0.25, 0.3) is 0 Å². The van der Waals surface area contributed by atoms with Crippen LogP contribution in [0.5, 0.6) is 0 Å². The van der Waals surface area contributed by atoms with Crippen molar-refractivity contribution >= 4 is 6.29 Å². The van der Waals surface area contributed by atoms with Crippen LogP contribution < -0.4 is 0 Å². The molecule has 0 heterocycles. The van der Waals surface area contributed by atoms with E-state index in [9.17, 15) is 4.79 Å². The summed E-state index contributed by atoms with van der Waals surface area (Å²) in [4.78, 5) is 10.3. The molecule has 1 nitrogen and oxygen atoms in total. The Morgan fingerprint density at radius 1 is 1.10 bits per heavy atom. The van der Waals surface area contributed by atoms with Gasteiger partial charge in [0.1, 0.15) is 0 Å². The van der Waals surface area contributed by atoms with Gasteiger partial charge >= 0.3 is 0 Å².